The SMILES string of the molecule is C[C@]1(Oc2ccc(C=O)cc2O)CCN1.Cl. The van der Waals surface area contributed by atoms with Gasteiger partial charge in [-0.2, -0.15) is 0 Å². The van der Waals surface area contributed by atoms with Crippen molar-refractivity contribution in [1.82, 2.24) is 5.32 Å². The van der Waals surface area contributed by atoms with Gasteiger partial charge >= 0.3 is 0 Å². The van der Waals surface area contributed by atoms with Gasteiger partial charge in [0.25, 0.3) is 0 Å². The number of carbonyl (C=O) groups is 1. The maximum atomic E-state index is 10.5. The first-order valence-corrected chi connectivity index (χ1v) is 4.85. The molecule has 0 radical (unpaired) electrons. The second-order valence-electron chi connectivity index (χ2n) is 3.85. The lowest BCUT2D eigenvalue weighted by atomic mass is 10.0. The third-order valence-electron chi connectivity index (χ3n) is 2.56. The minimum Gasteiger partial charge on any atom is -0.504 e. The number of ether oxygens (including phenoxy) is 1. The molecule has 1 aliphatic heterocycles. The number of phenols is 1. The van der Waals surface area contributed by atoms with Gasteiger partial charge in [0.05, 0.1) is 0 Å². The highest BCUT2D eigenvalue weighted by Crippen LogP contribution is 2.31. The summed E-state index contributed by atoms with van der Waals surface area (Å²) in [5.74, 6) is 0.393. The molecule has 0 bridgehead atoms. The highest BCUT2D eigenvalue weighted by molar-refractivity contribution is 5.85. The lowest BCUT2D eigenvalue weighted by Gasteiger charge is -2.39. The molecule has 0 aromatic heterocycles. The van der Waals surface area contributed by atoms with Crippen LogP contribution in [0.3, 0.4) is 0 Å². The van der Waals surface area contributed by atoms with Gasteiger partial charge in [-0.1, -0.05) is 0 Å². The molecule has 0 saturated carbocycles. The van der Waals surface area contributed by atoms with E-state index >= 15 is 0 Å². The van der Waals surface area contributed by atoms with Crippen molar-refractivity contribution in [3.63, 3.8) is 0 Å². The summed E-state index contributed by atoms with van der Waals surface area (Å²) in [5.41, 5.74) is 0.0479. The van der Waals surface area contributed by atoms with Gasteiger partial charge in [0.1, 0.15) is 6.29 Å². The van der Waals surface area contributed by atoms with Crippen LogP contribution in [0.25, 0.3) is 0 Å². The van der Waals surface area contributed by atoms with Gasteiger partial charge in [0.15, 0.2) is 17.2 Å². The van der Waals surface area contributed by atoms with E-state index in [-0.39, 0.29) is 23.9 Å². The molecule has 0 aliphatic carbocycles. The minimum atomic E-state index is -0.389. The molecule has 1 aromatic rings. The number of halogens is 1. The maximum absolute atomic E-state index is 10.5. The zero-order valence-electron chi connectivity index (χ0n) is 8.90. The van der Waals surface area contributed by atoms with Crippen molar-refractivity contribution in [2.24, 2.45) is 0 Å². The van der Waals surface area contributed by atoms with Crippen LogP contribution in [0, 0.1) is 0 Å². The van der Waals surface area contributed by atoms with Crippen LogP contribution in [0.1, 0.15) is 23.7 Å². The number of aldehydes is 1. The Kier molecular flexibility index (Phi) is 3.78. The quantitative estimate of drug-likeness (QED) is 0.794. The van der Waals surface area contributed by atoms with Crippen molar-refractivity contribution in [2.75, 3.05) is 6.54 Å². The third-order valence-corrected chi connectivity index (χ3v) is 2.56. The first kappa shape index (κ1) is 12.8. The first-order chi connectivity index (χ1) is 7.13. The molecule has 88 valence electrons. The number of aromatic hydroxyl groups is 1. The summed E-state index contributed by atoms with van der Waals surface area (Å²) in [7, 11) is 0. The summed E-state index contributed by atoms with van der Waals surface area (Å²) >= 11 is 0. The largest absolute Gasteiger partial charge is 0.504 e. The molecule has 1 aromatic carbocycles. The zero-order chi connectivity index (χ0) is 10.9. The van der Waals surface area contributed by atoms with Crippen LogP contribution in [-0.2, 0) is 0 Å². The monoisotopic (exact) mass is 243 g/mol. The summed E-state index contributed by atoms with van der Waals surface area (Å²) in [6.07, 6.45) is 1.59. The second kappa shape index (κ2) is 4.72. The van der Waals surface area contributed by atoms with E-state index in [2.05, 4.69) is 5.32 Å². The van der Waals surface area contributed by atoms with Crippen LogP contribution in [-0.4, -0.2) is 23.7 Å². The molecular formula is C11H14ClNO3. The second-order valence-corrected chi connectivity index (χ2v) is 3.85. The molecular weight excluding hydrogens is 230 g/mol. The summed E-state index contributed by atoms with van der Waals surface area (Å²) in [6, 6.07) is 4.61. The Hall–Kier alpha value is -1.26. The Morgan fingerprint density at radius 2 is 2.25 bits per heavy atom. The molecule has 1 fully saturated rings. The van der Waals surface area contributed by atoms with Crippen LogP contribution in [0.2, 0.25) is 0 Å². The van der Waals surface area contributed by atoms with Gasteiger partial charge in [-0.15, -0.1) is 12.4 Å². The minimum absolute atomic E-state index is 0. The van der Waals surface area contributed by atoms with Crippen LogP contribution in [0.15, 0.2) is 18.2 Å². The fourth-order valence-corrected chi connectivity index (χ4v) is 1.50. The average Bonchev–Trinajstić information content (AvgIpc) is 2.18. The van der Waals surface area contributed by atoms with Crippen molar-refractivity contribution in [2.45, 2.75) is 19.1 Å². The molecule has 4 nitrogen and oxygen atoms in total. The van der Waals surface area contributed by atoms with Crippen LogP contribution < -0.4 is 10.1 Å². The molecule has 1 aliphatic rings. The molecule has 2 N–H and O–H groups in total. The van der Waals surface area contributed by atoms with E-state index in [4.69, 9.17) is 4.74 Å². The predicted octanol–water partition coefficient (Wildman–Crippen LogP) is 1.71. The Morgan fingerprint density at radius 3 is 2.69 bits per heavy atom. The van der Waals surface area contributed by atoms with Crippen molar-refractivity contribution in [3.8, 4) is 11.5 Å². The normalized spacial score (nSPS) is 22.8. The van der Waals surface area contributed by atoms with Crippen LogP contribution in [0.4, 0.5) is 0 Å². The Bertz CT molecular complexity index is 391. The summed E-state index contributed by atoms with van der Waals surface area (Å²) in [5, 5.41) is 12.7. The van der Waals surface area contributed by atoms with Crippen molar-refractivity contribution in [1.29, 1.82) is 0 Å². The molecule has 1 atom stereocenters. The van der Waals surface area contributed by atoms with E-state index in [9.17, 15) is 9.90 Å². The number of rotatable bonds is 3. The maximum Gasteiger partial charge on any atom is 0.163 e. The lowest BCUT2D eigenvalue weighted by Crippen LogP contribution is -2.58. The van der Waals surface area contributed by atoms with E-state index in [1.54, 1.807) is 12.1 Å². The summed E-state index contributed by atoms with van der Waals surface area (Å²) in [4.78, 5) is 10.5. The van der Waals surface area contributed by atoms with E-state index in [0.29, 0.717) is 17.6 Å². The van der Waals surface area contributed by atoms with Gasteiger partial charge in [0.2, 0.25) is 0 Å². The topological polar surface area (TPSA) is 58.6 Å². The highest BCUT2D eigenvalue weighted by atomic mass is 35.5. The summed E-state index contributed by atoms with van der Waals surface area (Å²) in [6.45, 7) is 2.84. The molecule has 1 heterocycles. The molecule has 0 amide bonds. The Labute approximate surface area is 100 Å². The number of hydrogen-bond acceptors (Lipinski definition) is 4. The third kappa shape index (κ3) is 2.46. The molecule has 5 heteroatoms. The average molecular weight is 244 g/mol. The van der Waals surface area contributed by atoms with Gasteiger partial charge in [0, 0.05) is 18.5 Å². The smallest absolute Gasteiger partial charge is 0.163 e. The van der Waals surface area contributed by atoms with E-state index in [1.165, 1.54) is 6.07 Å². The predicted molar refractivity (Wildman–Crippen MR) is 62.4 cm³/mol. The number of phenolic OH excluding ortho intramolecular Hbond substituents is 1. The van der Waals surface area contributed by atoms with Gasteiger partial charge in [-0.05, 0) is 25.1 Å². The van der Waals surface area contributed by atoms with Crippen molar-refractivity contribution >= 4 is 18.7 Å². The molecule has 16 heavy (non-hydrogen) atoms. The standard InChI is InChI=1S/C11H13NO3.ClH/c1-11(4-5-12-11)15-10-3-2-8(7-13)6-9(10)14;/h2-3,6-7,12,14H,4-5H2,1H3;1H/t11-;/m0./s1. The molecule has 2 rings (SSSR count). The number of benzene rings is 1. The number of hydrogen-bond donors (Lipinski definition) is 2. The molecule has 0 spiro atoms. The zero-order valence-corrected chi connectivity index (χ0v) is 9.71. The number of nitrogens with one attached hydrogen (secondary N) is 1. The Morgan fingerprint density at radius 1 is 1.56 bits per heavy atom. The van der Waals surface area contributed by atoms with Gasteiger partial charge < -0.3 is 9.84 Å². The fourth-order valence-electron chi connectivity index (χ4n) is 1.50. The van der Waals surface area contributed by atoms with E-state index in [1.807, 2.05) is 6.92 Å². The van der Waals surface area contributed by atoms with E-state index in [0.717, 1.165) is 13.0 Å². The lowest BCUT2D eigenvalue weighted by molar-refractivity contribution is -0.0124. The van der Waals surface area contributed by atoms with Crippen LogP contribution in [0.5, 0.6) is 11.5 Å². The van der Waals surface area contributed by atoms with E-state index < -0.39 is 0 Å². The van der Waals surface area contributed by atoms with Crippen molar-refractivity contribution in [3.05, 3.63) is 23.8 Å². The Balaban J connectivity index is 0.00000128. The van der Waals surface area contributed by atoms with Crippen LogP contribution >= 0.6 is 12.4 Å². The fraction of sp³-hybridized carbons (Fsp3) is 0.364. The van der Waals surface area contributed by atoms with Gasteiger partial charge in [-0.3, -0.25) is 10.1 Å². The molecule has 0 unspecified atom stereocenters. The van der Waals surface area contributed by atoms with Gasteiger partial charge in [-0.25, -0.2) is 0 Å². The summed E-state index contributed by atoms with van der Waals surface area (Å²) < 4.78 is 5.59. The highest BCUT2D eigenvalue weighted by Gasteiger charge is 2.33. The van der Waals surface area contributed by atoms with Crippen molar-refractivity contribution < 1.29 is 14.6 Å². The first-order valence-electron chi connectivity index (χ1n) is 4.85. The molecule has 1 saturated heterocycles. The number of carbonyl (C=O) groups excluding carboxylic acids is 1.